The molecule has 0 spiro atoms. The fourth-order valence-electron chi connectivity index (χ4n) is 1.48. The van der Waals surface area contributed by atoms with Crippen LogP contribution in [-0.2, 0) is 0 Å². The van der Waals surface area contributed by atoms with Crippen LogP contribution in [-0.4, -0.2) is 35.1 Å². The number of aliphatic hydroxyl groups is 3. The molecule has 0 aliphatic rings. The monoisotopic (exact) mass is 226 g/mol. The van der Waals surface area contributed by atoms with Crippen LogP contribution in [0.2, 0.25) is 0 Å². The molecular weight excluding hydrogens is 208 g/mol. The smallest absolute Gasteiger partial charge is 0.125 e. The standard InChI is InChI=1S/C12H18O4/c13-7-3-5-11(15)10-4-1-2-6-12(10)16-9-8-14/h1-2,4,6,11,13-15H,3,5,7-9H2/t11-/m1/s1. The van der Waals surface area contributed by atoms with Crippen molar-refractivity contribution in [3.8, 4) is 5.75 Å². The second-order valence-electron chi connectivity index (χ2n) is 3.49. The van der Waals surface area contributed by atoms with Crippen LogP contribution < -0.4 is 4.74 Å². The van der Waals surface area contributed by atoms with Crippen molar-refractivity contribution in [2.75, 3.05) is 19.8 Å². The summed E-state index contributed by atoms with van der Waals surface area (Å²) in [5.74, 6) is 0.585. The minimum absolute atomic E-state index is 0.0545. The van der Waals surface area contributed by atoms with Gasteiger partial charge in [0.25, 0.3) is 0 Å². The minimum Gasteiger partial charge on any atom is -0.491 e. The van der Waals surface area contributed by atoms with Gasteiger partial charge in [0.15, 0.2) is 0 Å². The first-order valence-electron chi connectivity index (χ1n) is 5.41. The van der Waals surface area contributed by atoms with Crippen LogP contribution in [0.5, 0.6) is 5.75 Å². The lowest BCUT2D eigenvalue weighted by atomic mass is 10.0. The molecule has 4 nitrogen and oxygen atoms in total. The van der Waals surface area contributed by atoms with Crippen molar-refractivity contribution < 1.29 is 20.1 Å². The summed E-state index contributed by atoms with van der Waals surface area (Å²) >= 11 is 0. The Morgan fingerprint density at radius 3 is 2.56 bits per heavy atom. The van der Waals surface area contributed by atoms with Gasteiger partial charge in [0, 0.05) is 12.2 Å². The normalized spacial score (nSPS) is 12.4. The number of hydrogen-bond donors (Lipinski definition) is 3. The maximum absolute atomic E-state index is 9.88. The summed E-state index contributed by atoms with van der Waals surface area (Å²) in [5.41, 5.74) is 0.699. The highest BCUT2D eigenvalue weighted by Gasteiger charge is 2.12. The zero-order valence-electron chi connectivity index (χ0n) is 9.17. The van der Waals surface area contributed by atoms with E-state index in [0.29, 0.717) is 24.2 Å². The summed E-state index contributed by atoms with van der Waals surface area (Å²) < 4.78 is 5.31. The van der Waals surface area contributed by atoms with Gasteiger partial charge < -0.3 is 20.1 Å². The predicted octanol–water partition coefficient (Wildman–Crippen LogP) is 0.864. The van der Waals surface area contributed by atoms with Crippen LogP contribution in [0, 0.1) is 0 Å². The molecule has 0 fully saturated rings. The molecule has 1 atom stereocenters. The fraction of sp³-hybridized carbons (Fsp3) is 0.500. The maximum Gasteiger partial charge on any atom is 0.125 e. The van der Waals surface area contributed by atoms with E-state index in [0.717, 1.165) is 0 Å². The molecule has 4 heteroatoms. The van der Waals surface area contributed by atoms with Gasteiger partial charge in [-0.15, -0.1) is 0 Å². The Balaban J connectivity index is 2.68. The molecule has 0 amide bonds. The molecule has 1 aromatic carbocycles. The van der Waals surface area contributed by atoms with Gasteiger partial charge in [-0.05, 0) is 18.9 Å². The van der Waals surface area contributed by atoms with Crippen LogP contribution in [0.3, 0.4) is 0 Å². The van der Waals surface area contributed by atoms with Crippen molar-refractivity contribution in [1.82, 2.24) is 0 Å². The van der Waals surface area contributed by atoms with E-state index in [1.807, 2.05) is 12.1 Å². The molecule has 0 aromatic heterocycles. The first kappa shape index (κ1) is 13.0. The third-order valence-corrected chi connectivity index (χ3v) is 2.26. The number of rotatable bonds is 7. The van der Waals surface area contributed by atoms with Crippen molar-refractivity contribution in [3.63, 3.8) is 0 Å². The lowest BCUT2D eigenvalue weighted by molar-refractivity contribution is 0.143. The number of aliphatic hydroxyl groups excluding tert-OH is 3. The van der Waals surface area contributed by atoms with Crippen molar-refractivity contribution in [3.05, 3.63) is 29.8 Å². The minimum atomic E-state index is -0.637. The second-order valence-corrected chi connectivity index (χ2v) is 3.49. The lowest BCUT2D eigenvalue weighted by Crippen LogP contribution is -2.06. The number of ether oxygens (including phenoxy) is 1. The number of para-hydroxylation sites is 1. The number of hydrogen-bond acceptors (Lipinski definition) is 4. The third-order valence-electron chi connectivity index (χ3n) is 2.26. The summed E-state index contributed by atoms with van der Waals surface area (Å²) in [4.78, 5) is 0. The Hall–Kier alpha value is -1.10. The molecule has 1 aromatic rings. The Morgan fingerprint density at radius 2 is 1.88 bits per heavy atom. The molecule has 0 aliphatic heterocycles. The average molecular weight is 226 g/mol. The zero-order valence-corrected chi connectivity index (χ0v) is 9.17. The lowest BCUT2D eigenvalue weighted by Gasteiger charge is -2.15. The molecule has 0 saturated heterocycles. The molecule has 0 unspecified atom stereocenters. The summed E-state index contributed by atoms with van der Waals surface area (Å²) in [7, 11) is 0. The van der Waals surface area contributed by atoms with Gasteiger partial charge in [0.2, 0.25) is 0 Å². The van der Waals surface area contributed by atoms with Crippen molar-refractivity contribution in [1.29, 1.82) is 0 Å². The molecule has 16 heavy (non-hydrogen) atoms. The van der Waals surface area contributed by atoms with Crippen molar-refractivity contribution >= 4 is 0 Å². The van der Waals surface area contributed by atoms with Gasteiger partial charge >= 0.3 is 0 Å². The SMILES string of the molecule is OCCC[C@@H](O)c1ccccc1OCCO. The topological polar surface area (TPSA) is 69.9 Å². The largest absolute Gasteiger partial charge is 0.491 e. The van der Waals surface area contributed by atoms with Gasteiger partial charge in [-0.3, -0.25) is 0 Å². The Labute approximate surface area is 95.1 Å². The van der Waals surface area contributed by atoms with Crippen molar-refractivity contribution in [2.24, 2.45) is 0 Å². The van der Waals surface area contributed by atoms with E-state index in [4.69, 9.17) is 14.9 Å². The molecule has 0 saturated carbocycles. The molecule has 0 heterocycles. The molecular formula is C12H18O4. The average Bonchev–Trinajstić information content (AvgIpc) is 2.33. The van der Waals surface area contributed by atoms with Gasteiger partial charge in [-0.2, -0.15) is 0 Å². The van der Waals surface area contributed by atoms with Crippen molar-refractivity contribution in [2.45, 2.75) is 18.9 Å². The molecule has 1 rings (SSSR count). The van der Waals surface area contributed by atoms with E-state index in [1.165, 1.54) is 0 Å². The Kier molecular flexibility index (Phi) is 5.85. The highest BCUT2D eigenvalue weighted by atomic mass is 16.5. The second kappa shape index (κ2) is 7.22. The summed E-state index contributed by atoms with van der Waals surface area (Å²) in [6.07, 6.45) is 0.410. The summed E-state index contributed by atoms with van der Waals surface area (Å²) in [6.45, 7) is 0.224. The highest BCUT2D eigenvalue weighted by molar-refractivity contribution is 5.35. The van der Waals surface area contributed by atoms with Gasteiger partial charge in [0.05, 0.1) is 12.7 Å². The molecule has 90 valence electrons. The first-order valence-corrected chi connectivity index (χ1v) is 5.41. The number of benzene rings is 1. The molecule has 0 bridgehead atoms. The fourth-order valence-corrected chi connectivity index (χ4v) is 1.48. The Bertz CT molecular complexity index is 301. The Morgan fingerprint density at radius 1 is 1.12 bits per heavy atom. The van der Waals surface area contributed by atoms with Gasteiger partial charge in [-0.1, -0.05) is 18.2 Å². The van der Waals surface area contributed by atoms with Crippen LogP contribution in [0.1, 0.15) is 24.5 Å². The maximum atomic E-state index is 9.88. The zero-order chi connectivity index (χ0) is 11.8. The van der Waals surface area contributed by atoms with E-state index >= 15 is 0 Å². The molecule has 0 radical (unpaired) electrons. The first-order chi connectivity index (χ1) is 7.79. The van der Waals surface area contributed by atoms with Gasteiger partial charge in [0.1, 0.15) is 12.4 Å². The van der Waals surface area contributed by atoms with E-state index in [1.54, 1.807) is 12.1 Å². The summed E-state index contributed by atoms with van der Waals surface area (Å²) in [5, 5.41) is 27.3. The van der Waals surface area contributed by atoms with E-state index in [-0.39, 0.29) is 19.8 Å². The van der Waals surface area contributed by atoms with Crippen LogP contribution >= 0.6 is 0 Å². The van der Waals surface area contributed by atoms with Crippen LogP contribution in [0.4, 0.5) is 0 Å². The van der Waals surface area contributed by atoms with Crippen LogP contribution in [0.25, 0.3) is 0 Å². The molecule has 3 N–H and O–H groups in total. The quantitative estimate of drug-likeness (QED) is 0.645. The van der Waals surface area contributed by atoms with E-state index < -0.39 is 6.10 Å². The van der Waals surface area contributed by atoms with Gasteiger partial charge in [-0.25, -0.2) is 0 Å². The highest BCUT2D eigenvalue weighted by Crippen LogP contribution is 2.27. The summed E-state index contributed by atoms with van der Waals surface area (Å²) in [6, 6.07) is 7.18. The van der Waals surface area contributed by atoms with E-state index in [9.17, 15) is 5.11 Å². The third kappa shape index (κ3) is 3.81. The predicted molar refractivity (Wildman–Crippen MR) is 60.3 cm³/mol. The van der Waals surface area contributed by atoms with Crippen LogP contribution in [0.15, 0.2) is 24.3 Å². The molecule has 0 aliphatic carbocycles. The van der Waals surface area contributed by atoms with E-state index in [2.05, 4.69) is 0 Å².